The predicted octanol–water partition coefficient (Wildman–Crippen LogP) is 1.99. The van der Waals surface area contributed by atoms with Crippen molar-refractivity contribution in [3.05, 3.63) is 0 Å². The average molecular weight is 219 g/mol. The first kappa shape index (κ1) is 14.1. The van der Waals surface area contributed by atoms with Crippen molar-refractivity contribution in [2.75, 3.05) is 26.8 Å². The van der Waals surface area contributed by atoms with Gasteiger partial charge >= 0.3 is 8.56 Å². The highest BCUT2D eigenvalue weighted by molar-refractivity contribution is 6.66. The third-order valence-electron chi connectivity index (χ3n) is 2.17. The molecule has 0 saturated carbocycles. The normalized spacial score (nSPS) is 14.4. The minimum Gasteiger partial charge on any atom is -0.395 e. The molecule has 4 heteroatoms. The third-order valence-corrected chi connectivity index (χ3v) is 5.41. The highest BCUT2D eigenvalue weighted by Crippen LogP contribution is 2.19. The van der Waals surface area contributed by atoms with Gasteiger partial charge < -0.3 is 14.2 Å². The van der Waals surface area contributed by atoms with Gasteiger partial charge in [0.05, 0.1) is 0 Å². The molecule has 0 aliphatic rings. The minimum atomic E-state index is -1.89. The molecule has 0 fully saturated rings. The Balaban J connectivity index is 4.05. The maximum Gasteiger partial charge on any atom is 0.335 e. The summed E-state index contributed by atoms with van der Waals surface area (Å²) in [5, 5.41) is 3.19. The number of hydrogen-bond acceptors (Lipinski definition) is 3. The molecule has 0 aliphatic carbocycles. The summed E-state index contributed by atoms with van der Waals surface area (Å²) in [6.45, 7) is 11.0. The second kappa shape index (κ2) is 7.40. The standard InChI is InChI=1S/C10H25NO2Si/c1-6-12-14(5,13-7-2)9-10(3)8-11-4/h10-11H,6-9H2,1-5H3. The lowest BCUT2D eigenvalue weighted by Gasteiger charge is -2.28. The van der Waals surface area contributed by atoms with Crippen molar-refractivity contribution in [1.82, 2.24) is 5.32 Å². The zero-order valence-electron chi connectivity index (χ0n) is 10.2. The third kappa shape index (κ3) is 5.75. The molecule has 0 amide bonds. The molecule has 1 N–H and O–H groups in total. The van der Waals surface area contributed by atoms with Gasteiger partial charge in [-0.2, -0.15) is 0 Å². The second-order valence-electron chi connectivity index (χ2n) is 3.87. The first-order valence-corrected chi connectivity index (χ1v) is 8.02. The van der Waals surface area contributed by atoms with Gasteiger partial charge in [-0.05, 0) is 45.9 Å². The number of hydrogen-bond donors (Lipinski definition) is 1. The summed E-state index contributed by atoms with van der Waals surface area (Å²) < 4.78 is 11.6. The Hall–Kier alpha value is 0.0969. The molecule has 0 aromatic heterocycles. The number of nitrogens with one attached hydrogen (secondary N) is 1. The first-order valence-electron chi connectivity index (χ1n) is 5.50. The zero-order chi connectivity index (χ0) is 11.0. The van der Waals surface area contributed by atoms with Crippen molar-refractivity contribution in [3.63, 3.8) is 0 Å². The summed E-state index contributed by atoms with van der Waals surface area (Å²) in [5.74, 6) is 0.620. The van der Waals surface area contributed by atoms with Crippen LogP contribution in [-0.4, -0.2) is 35.4 Å². The van der Waals surface area contributed by atoms with Crippen LogP contribution in [0.15, 0.2) is 0 Å². The Kier molecular flexibility index (Phi) is 7.45. The van der Waals surface area contributed by atoms with Crippen LogP contribution in [0, 0.1) is 5.92 Å². The highest BCUT2D eigenvalue weighted by Gasteiger charge is 2.32. The van der Waals surface area contributed by atoms with E-state index in [1.54, 1.807) is 0 Å². The maximum absolute atomic E-state index is 5.78. The first-order chi connectivity index (χ1) is 6.58. The maximum atomic E-state index is 5.78. The van der Waals surface area contributed by atoms with Gasteiger partial charge in [-0.25, -0.2) is 0 Å². The summed E-state index contributed by atoms with van der Waals surface area (Å²) in [6.07, 6.45) is 0. The molecule has 3 nitrogen and oxygen atoms in total. The van der Waals surface area contributed by atoms with Crippen molar-refractivity contribution in [2.24, 2.45) is 5.92 Å². The highest BCUT2D eigenvalue weighted by atomic mass is 28.4. The van der Waals surface area contributed by atoms with Crippen LogP contribution in [0.5, 0.6) is 0 Å². The fourth-order valence-electron chi connectivity index (χ4n) is 1.82. The van der Waals surface area contributed by atoms with Crippen molar-refractivity contribution >= 4 is 8.56 Å². The summed E-state index contributed by atoms with van der Waals surface area (Å²) in [6, 6.07) is 1.06. The number of rotatable bonds is 8. The van der Waals surface area contributed by atoms with E-state index in [0.717, 1.165) is 25.8 Å². The molecule has 0 aromatic rings. The van der Waals surface area contributed by atoms with E-state index in [-0.39, 0.29) is 0 Å². The van der Waals surface area contributed by atoms with Crippen LogP contribution < -0.4 is 5.32 Å². The van der Waals surface area contributed by atoms with E-state index >= 15 is 0 Å². The van der Waals surface area contributed by atoms with Crippen LogP contribution >= 0.6 is 0 Å². The van der Waals surface area contributed by atoms with Gasteiger partial charge in [0, 0.05) is 13.2 Å². The monoisotopic (exact) mass is 219 g/mol. The Morgan fingerprint density at radius 1 is 1.21 bits per heavy atom. The van der Waals surface area contributed by atoms with E-state index in [1.165, 1.54) is 0 Å². The molecule has 0 heterocycles. The summed E-state index contributed by atoms with van der Waals surface area (Å²) in [4.78, 5) is 0. The van der Waals surface area contributed by atoms with Gasteiger partial charge in [0.2, 0.25) is 0 Å². The lowest BCUT2D eigenvalue weighted by atomic mass is 10.2. The van der Waals surface area contributed by atoms with Gasteiger partial charge in [-0.3, -0.25) is 0 Å². The topological polar surface area (TPSA) is 30.5 Å². The molecular formula is C10H25NO2Si. The van der Waals surface area contributed by atoms with Crippen LogP contribution in [-0.2, 0) is 8.85 Å². The van der Waals surface area contributed by atoms with Crippen LogP contribution in [0.25, 0.3) is 0 Å². The van der Waals surface area contributed by atoms with Gasteiger partial charge in [-0.1, -0.05) is 6.92 Å². The van der Waals surface area contributed by atoms with Crippen LogP contribution in [0.1, 0.15) is 20.8 Å². The molecule has 0 aromatic carbocycles. The Morgan fingerprint density at radius 3 is 2.07 bits per heavy atom. The summed E-state index contributed by atoms with van der Waals surface area (Å²) in [7, 11) is 0.0932. The van der Waals surface area contributed by atoms with Gasteiger partial charge in [0.15, 0.2) is 0 Å². The van der Waals surface area contributed by atoms with Gasteiger partial charge in [0.1, 0.15) is 0 Å². The molecule has 0 bridgehead atoms. The molecule has 0 saturated heterocycles. The lowest BCUT2D eigenvalue weighted by molar-refractivity contribution is 0.184. The smallest absolute Gasteiger partial charge is 0.335 e. The molecule has 1 atom stereocenters. The lowest BCUT2D eigenvalue weighted by Crippen LogP contribution is -2.41. The van der Waals surface area contributed by atoms with Crippen molar-refractivity contribution in [1.29, 1.82) is 0 Å². The van der Waals surface area contributed by atoms with E-state index in [2.05, 4.69) is 18.8 Å². The van der Waals surface area contributed by atoms with E-state index in [4.69, 9.17) is 8.85 Å². The van der Waals surface area contributed by atoms with E-state index in [0.29, 0.717) is 5.92 Å². The van der Waals surface area contributed by atoms with Crippen LogP contribution in [0.2, 0.25) is 12.6 Å². The molecule has 14 heavy (non-hydrogen) atoms. The molecule has 0 radical (unpaired) electrons. The van der Waals surface area contributed by atoms with E-state index in [1.807, 2.05) is 20.9 Å². The minimum absolute atomic E-state index is 0.620. The molecule has 86 valence electrons. The predicted molar refractivity (Wildman–Crippen MR) is 62.8 cm³/mol. The molecule has 0 aliphatic heterocycles. The van der Waals surface area contributed by atoms with Crippen molar-refractivity contribution in [2.45, 2.75) is 33.4 Å². The summed E-state index contributed by atoms with van der Waals surface area (Å²) >= 11 is 0. The van der Waals surface area contributed by atoms with Gasteiger partial charge in [-0.15, -0.1) is 0 Å². The quantitative estimate of drug-likeness (QED) is 0.633. The van der Waals surface area contributed by atoms with Crippen LogP contribution in [0.3, 0.4) is 0 Å². The van der Waals surface area contributed by atoms with Crippen molar-refractivity contribution in [3.8, 4) is 0 Å². The SMILES string of the molecule is CCO[Si](C)(CC(C)CNC)OCC. The molecule has 0 spiro atoms. The largest absolute Gasteiger partial charge is 0.395 e. The van der Waals surface area contributed by atoms with Crippen molar-refractivity contribution < 1.29 is 8.85 Å². The van der Waals surface area contributed by atoms with E-state index < -0.39 is 8.56 Å². The summed E-state index contributed by atoms with van der Waals surface area (Å²) in [5.41, 5.74) is 0. The van der Waals surface area contributed by atoms with E-state index in [9.17, 15) is 0 Å². The Labute approximate surface area is 89.4 Å². The Morgan fingerprint density at radius 2 is 1.71 bits per heavy atom. The molecular weight excluding hydrogens is 194 g/mol. The molecule has 1 unspecified atom stereocenters. The molecule has 0 rings (SSSR count). The fraction of sp³-hybridized carbons (Fsp3) is 1.00. The average Bonchev–Trinajstić information content (AvgIpc) is 2.04. The fourth-order valence-corrected chi connectivity index (χ4v) is 4.77. The van der Waals surface area contributed by atoms with Gasteiger partial charge in [0.25, 0.3) is 0 Å². The zero-order valence-corrected chi connectivity index (χ0v) is 11.2. The second-order valence-corrected chi connectivity index (χ2v) is 7.12. The van der Waals surface area contributed by atoms with Crippen LogP contribution in [0.4, 0.5) is 0 Å². The Bertz CT molecular complexity index is 138.